The maximum Gasteiger partial charge on any atom is 0.339 e. The standard InChI is InChI=1S/C20H23N5O3/c1-4-6-15-17(20(27)28-3)13(2)24-18(15)19(26)22-12-14-7-9-21-16(11-14)25-10-5-8-23-25/h5,7-11,24H,4,6,12H2,1-3H3,(H,22,26). The molecule has 3 rings (SSSR count). The van der Waals surface area contributed by atoms with Crippen molar-refractivity contribution in [3.8, 4) is 5.82 Å². The number of amides is 1. The molecule has 8 nitrogen and oxygen atoms in total. The number of pyridine rings is 1. The first kappa shape index (κ1) is 19.3. The number of carbonyl (C=O) groups excluding carboxylic acids is 2. The number of ether oxygens (including phenoxy) is 1. The number of hydrogen-bond acceptors (Lipinski definition) is 5. The number of aromatic amines is 1. The zero-order valence-corrected chi connectivity index (χ0v) is 16.2. The number of esters is 1. The van der Waals surface area contributed by atoms with Gasteiger partial charge in [-0.1, -0.05) is 13.3 Å². The second kappa shape index (κ2) is 8.51. The Bertz CT molecular complexity index is 976. The molecule has 0 aliphatic heterocycles. The molecule has 146 valence electrons. The van der Waals surface area contributed by atoms with Crippen molar-refractivity contribution in [1.29, 1.82) is 0 Å². The van der Waals surface area contributed by atoms with E-state index in [9.17, 15) is 9.59 Å². The Labute approximate surface area is 162 Å². The van der Waals surface area contributed by atoms with Crippen molar-refractivity contribution in [1.82, 2.24) is 25.1 Å². The topological polar surface area (TPSA) is 102 Å². The molecule has 0 spiro atoms. The molecule has 1 amide bonds. The molecule has 0 fully saturated rings. The van der Waals surface area contributed by atoms with Crippen LogP contribution in [0, 0.1) is 6.92 Å². The largest absolute Gasteiger partial charge is 0.465 e. The predicted molar refractivity (Wildman–Crippen MR) is 103 cm³/mol. The molecule has 2 N–H and O–H groups in total. The molecular weight excluding hydrogens is 358 g/mol. The van der Waals surface area contributed by atoms with E-state index in [1.807, 2.05) is 25.1 Å². The fourth-order valence-electron chi connectivity index (χ4n) is 3.12. The third-order valence-corrected chi connectivity index (χ3v) is 4.41. The molecule has 0 atom stereocenters. The van der Waals surface area contributed by atoms with Crippen molar-refractivity contribution < 1.29 is 14.3 Å². The van der Waals surface area contributed by atoms with Crippen LogP contribution in [0.2, 0.25) is 0 Å². The quantitative estimate of drug-likeness (QED) is 0.613. The first-order valence-electron chi connectivity index (χ1n) is 9.08. The number of nitrogens with one attached hydrogen (secondary N) is 2. The number of H-pyrrole nitrogens is 1. The smallest absolute Gasteiger partial charge is 0.339 e. The Morgan fingerprint density at radius 2 is 2.14 bits per heavy atom. The first-order valence-corrected chi connectivity index (χ1v) is 9.08. The van der Waals surface area contributed by atoms with Gasteiger partial charge in [-0.2, -0.15) is 5.10 Å². The van der Waals surface area contributed by atoms with E-state index in [0.717, 1.165) is 12.0 Å². The molecule has 0 aliphatic rings. The maximum absolute atomic E-state index is 12.8. The van der Waals surface area contributed by atoms with Crippen LogP contribution in [-0.4, -0.2) is 38.7 Å². The summed E-state index contributed by atoms with van der Waals surface area (Å²) in [6, 6.07) is 5.51. The molecule has 0 aromatic carbocycles. The minimum absolute atomic E-state index is 0.265. The Hall–Kier alpha value is -3.42. The zero-order valence-electron chi connectivity index (χ0n) is 16.2. The Balaban J connectivity index is 1.79. The SMILES string of the molecule is CCCc1c(C(=O)NCc2ccnc(-n3cccn3)c2)[nH]c(C)c1C(=O)OC. The van der Waals surface area contributed by atoms with Crippen LogP contribution in [-0.2, 0) is 17.7 Å². The molecule has 0 radical (unpaired) electrons. The number of hydrogen-bond donors (Lipinski definition) is 2. The average Bonchev–Trinajstić information content (AvgIpc) is 3.35. The van der Waals surface area contributed by atoms with Crippen LogP contribution >= 0.6 is 0 Å². The number of methoxy groups -OCH3 is 1. The molecule has 28 heavy (non-hydrogen) atoms. The highest BCUT2D eigenvalue weighted by Crippen LogP contribution is 2.22. The van der Waals surface area contributed by atoms with Gasteiger partial charge >= 0.3 is 5.97 Å². The summed E-state index contributed by atoms with van der Waals surface area (Å²) in [5, 5.41) is 7.06. The average molecular weight is 381 g/mol. The van der Waals surface area contributed by atoms with Gasteiger partial charge < -0.3 is 15.0 Å². The molecule has 0 unspecified atom stereocenters. The first-order chi connectivity index (χ1) is 13.5. The summed E-state index contributed by atoms with van der Waals surface area (Å²) in [7, 11) is 1.34. The van der Waals surface area contributed by atoms with Crippen LogP contribution < -0.4 is 5.32 Å². The summed E-state index contributed by atoms with van der Waals surface area (Å²) in [6.45, 7) is 4.09. The van der Waals surface area contributed by atoms with Crippen LogP contribution in [0.15, 0.2) is 36.8 Å². The van der Waals surface area contributed by atoms with E-state index >= 15 is 0 Å². The molecule has 3 heterocycles. The van der Waals surface area contributed by atoms with Crippen LogP contribution in [0.25, 0.3) is 5.82 Å². The van der Waals surface area contributed by atoms with Gasteiger partial charge in [-0.25, -0.2) is 14.5 Å². The lowest BCUT2D eigenvalue weighted by Crippen LogP contribution is -2.24. The van der Waals surface area contributed by atoms with E-state index in [2.05, 4.69) is 20.4 Å². The normalized spacial score (nSPS) is 10.7. The Morgan fingerprint density at radius 1 is 1.32 bits per heavy atom. The van der Waals surface area contributed by atoms with Crippen LogP contribution in [0.1, 0.15) is 51.0 Å². The van der Waals surface area contributed by atoms with Crippen molar-refractivity contribution in [2.75, 3.05) is 7.11 Å². The summed E-state index contributed by atoms with van der Waals surface area (Å²) in [4.78, 5) is 32.2. The molecule has 0 saturated heterocycles. The molecule has 3 aromatic rings. The van der Waals surface area contributed by atoms with Gasteiger partial charge in [0.25, 0.3) is 5.91 Å². The van der Waals surface area contributed by atoms with Gasteiger partial charge in [-0.05, 0) is 42.7 Å². The summed E-state index contributed by atoms with van der Waals surface area (Å²) in [5.74, 6) is -0.0273. The van der Waals surface area contributed by atoms with Gasteiger partial charge in [-0.3, -0.25) is 4.79 Å². The van der Waals surface area contributed by atoms with E-state index < -0.39 is 5.97 Å². The minimum Gasteiger partial charge on any atom is -0.465 e. The second-order valence-corrected chi connectivity index (χ2v) is 6.38. The third kappa shape index (κ3) is 3.95. The number of aryl methyl sites for hydroxylation is 1. The van der Waals surface area contributed by atoms with Crippen LogP contribution in [0.4, 0.5) is 0 Å². The number of carbonyl (C=O) groups is 2. The second-order valence-electron chi connectivity index (χ2n) is 6.38. The van der Waals surface area contributed by atoms with Crippen molar-refractivity contribution in [2.45, 2.75) is 33.2 Å². The van der Waals surface area contributed by atoms with Crippen LogP contribution in [0.3, 0.4) is 0 Å². The van der Waals surface area contributed by atoms with E-state index in [4.69, 9.17) is 4.74 Å². The molecular formula is C20H23N5O3. The molecule has 3 aromatic heterocycles. The van der Waals surface area contributed by atoms with Gasteiger partial charge in [0, 0.05) is 30.8 Å². The monoisotopic (exact) mass is 381 g/mol. The summed E-state index contributed by atoms with van der Waals surface area (Å²) >= 11 is 0. The zero-order chi connectivity index (χ0) is 20.1. The van der Waals surface area contributed by atoms with E-state index in [1.165, 1.54) is 7.11 Å². The third-order valence-electron chi connectivity index (χ3n) is 4.41. The molecule has 8 heteroatoms. The number of aromatic nitrogens is 4. The summed E-state index contributed by atoms with van der Waals surface area (Å²) in [6.07, 6.45) is 6.57. The lowest BCUT2D eigenvalue weighted by Gasteiger charge is -2.08. The van der Waals surface area contributed by atoms with Gasteiger partial charge in [0.15, 0.2) is 5.82 Å². The highest BCUT2D eigenvalue weighted by atomic mass is 16.5. The van der Waals surface area contributed by atoms with Crippen molar-refractivity contribution in [2.24, 2.45) is 0 Å². The molecule has 0 bridgehead atoms. The van der Waals surface area contributed by atoms with Crippen molar-refractivity contribution in [3.63, 3.8) is 0 Å². The predicted octanol–water partition coefficient (Wildman–Crippen LogP) is 2.57. The van der Waals surface area contributed by atoms with Crippen LogP contribution in [0.5, 0.6) is 0 Å². The number of rotatable bonds is 7. The van der Waals surface area contributed by atoms with Gasteiger partial charge in [0.05, 0.1) is 12.7 Å². The highest BCUT2D eigenvalue weighted by molar-refractivity contribution is 6.00. The van der Waals surface area contributed by atoms with Gasteiger partial charge in [-0.15, -0.1) is 0 Å². The van der Waals surface area contributed by atoms with Gasteiger partial charge in [0.1, 0.15) is 5.69 Å². The minimum atomic E-state index is -0.436. The highest BCUT2D eigenvalue weighted by Gasteiger charge is 2.24. The number of nitrogens with zero attached hydrogens (tertiary/aromatic N) is 3. The molecule has 0 saturated carbocycles. The van der Waals surface area contributed by atoms with Gasteiger partial charge in [0.2, 0.25) is 0 Å². The Morgan fingerprint density at radius 3 is 2.82 bits per heavy atom. The fourth-order valence-corrected chi connectivity index (χ4v) is 3.12. The van der Waals surface area contributed by atoms with Crippen molar-refractivity contribution >= 4 is 11.9 Å². The van der Waals surface area contributed by atoms with E-state index in [-0.39, 0.29) is 5.91 Å². The fraction of sp³-hybridized carbons (Fsp3) is 0.300. The maximum atomic E-state index is 12.8. The molecule has 0 aliphatic carbocycles. The summed E-state index contributed by atoms with van der Waals surface area (Å²) in [5.41, 5.74) is 3.06. The van der Waals surface area contributed by atoms with E-state index in [1.54, 1.807) is 30.2 Å². The Kier molecular flexibility index (Phi) is 5.88. The lowest BCUT2D eigenvalue weighted by molar-refractivity contribution is 0.0599. The lowest BCUT2D eigenvalue weighted by atomic mass is 10.0. The van der Waals surface area contributed by atoms with Crippen molar-refractivity contribution in [3.05, 3.63) is 64.9 Å². The van der Waals surface area contributed by atoms with E-state index in [0.29, 0.717) is 41.3 Å². The summed E-state index contributed by atoms with van der Waals surface area (Å²) < 4.78 is 6.52.